The Balaban J connectivity index is 1.85. The summed E-state index contributed by atoms with van der Waals surface area (Å²) in [6, 6.07) is 8.01. The van der Waals surface area contributed by atoms with Gasteiger partial charge >= 0.3 is 0 Å². The molecule has 2 aliphatic rings. The van der Waals surface area contributed by atoms with Crippen molar-refractivity contribution in [1.82, 2.24) is 9.91 Å². The third-order valence-corrected chi connectivity index (χ3v) is 3.42. The number of carbonyl (C=O) groups is 1. The minimum atomic E-state index is -0.0312. The minimum Gasteiger partial charge on any atom is -0.398 e. The first-order valence-electron chi connectivity index (χ1n) is 6.49. The summed E-state index contributed by atoms with van der Waals surface area (Å²) in [5, 5.41) is 5.92. The first-order valence-corrected chi connectivity index (χ1v) is 6.49. The topological polar surface area (TPSA) is 61.9 Å². The van der Waals surface area contributed by atoms with Crippen LogP contribution in [0.1, 0.15) is 11.1 Å². The summed E-state index contributed by atoms with van der Waals surface area (Å²) >= 11 is 0. The summed E-state index contributed by atoms with van der Waals surface area (Å²) in [4.78, 5) is 13.9. The molecule has 20 heavy (non-hydrogen) atoms. The molecule has 2 aliphatic heterocycles. The second-order valence-corrected chi connectivity index (χ2v) is 4.93. The predicted octanol–water partition coefficient (Wildman–Crippen LogP) is 1.32. The lowest BCUT2D eigenvalue weighted by atomic mass is 10.1. The van der Waals surface area contributed by atoms with Gasteiger partial charge in [0, 0.05) is 11.9 Å². The van der Waals surface area contributed by atoms with Gasteiger partial charge in [0.2, 0.25) is 0 Å². The van der Waals surface area contributed by atoms with E-state index >= 15 is 0 Å². The molecule has 0 bridgehead atoms. The highest BCUT2D eigenvalue weighted by Crippen LogP contribution is 2.17. The number of fused-ring (bicyclic) bond motifs is 1. The van der Waals surface area contributed by atoms with Crippen LogP contribution >= 0.6 is 0 Å². The lowest BCUT2D eigenvalue weighted by Crippen LogP contribution is -2.45. The predicted molar refractivity (Wildman–Crippen MR) is 77.3 cm³/mol. The zero-order valence-corrected chi connectivity index (χ0v) is 11.3. The van der Waals surface area contributed by atoms with Crippen LogP contribution in [0, 0.1) is 6.92 Å². The molecular formula is C15H16N4O. The van der Waals surface area contributed by atoms with Crippen LogP contribution in [-0.2, 0) is 11.3 Å². The van der Waals surface area contributed by atoms with E-state index in [1.807, 2.05) is 37.3 Å². The largest absolute Gasteiger partial charge is 0.398 e. The molecule has 0 atom stereocenters. The number of hydrogen-bond acceptors (Lipinski definition) is 4. The van der Waals surface area contributed by atoms with Crippen LogP contribution in [0.3, 0.4) is 0 Å². The number of carbonyl (C=O) groups excluding carboxylic acids is 1. The fourth-order valence-corrected chi connectivity index (χ4v) is 2.25. The van der Waals surface area contributed by atoms with Crippen molar-refractivity contribution in [2.24, 2.45) is 10.8 Å². The molecule has 1 amide bonds. The van der Waals surface area contributed by atoms with Crippen molar-refractivity contribution < 1.29 is 4.79 Å². The fourth-order valence-electron chi connectivity index (χ4n) is 2.25. The fraction of sp³-hybridized carbons (Fsp3) is 0.200. The summed E-state index contributed by atoms with van der Waals surface area (Å²) < 4.78 is 0. The van der Waals surface area contributed by atoms with E-state index in [0.29, 0.717) is 12.2 Å². The quantitative estimate of drug-likeness (QED) is 0.880. The van der Waals surface area contributed by atoms with Crippen LogP contribution in [0.2, 0.25) is 0 Å². The number of nitrogens with two attached hydrogens (primary N) is 1. The summed E-state index contributed by atoms with van der Waals surface area (Å²) in [6.45, 7) is 2.80. The first-order chi connectivity index (χ1) is 9.63. The maximum atomic E-state index is 12.2. The lowest BCUT2D eigenvalue weighted by Gasteiger charge is -2.31. The number of hydrogen-bond donors (Lipinski definition) is 1. The molecule has 0 saturated heterocycles. The third kappa shape index (κ3) is 2.30. The Morgan fingerprint density at radius 1 is 1.30 bits per heavy atom. The number of allylic oxidation sites excluding steroid dienone is 1. The smallest absolute Gasteiger partial charge is 0.263 e. The Labute approximate surface area is 117 Å². The van der Waals surface area contributed by atoms with Gasteiger partial charge in [-0.1, -0.05) is 24.3 Å². The van der Waals surface area contributed by atoms with E-state index in [9.17, 15) is 4.79 Å². The molecule has 0 aromatic heterocycles. The highest BCUT2D eigenvalue weighted by Gasteiger charge is 2.26. The molecule has 1 aromatic carbocycles. The Morgan fingerprint density at radius 2 is 2.10 bits per heavy atom. The van der Waals surface area contributed by atoms with Crippen molar-refractivity contribution >= 4 is 11.7 Å². The van der Waals surface area contributed by atoms with E-state index in [4.69, 9.17) is 5.73 Å². The van der Waals surface area contributed by atoms with Gasteiger partial charge in [0.05, 0.1) is 6.54 Å². The summed E-state index contributed by atoms with van der Waals surface area (Å²) in [5.41, 5.74) is 8.61. The van der Waals surface area contributed by atoms with Crippen molar-refractivity contribution in [3.8, 4) is 0 Å². The monoisotopic (exact) mass is 268 g/mol. The van der Waals surface area contributed by atoms with E-state index in [1.165, 1.54) is 5.01 Å². The number of rotatable bonds is 2. The number of aryl methyl sites for hydroxylation is 1. The van der Waals surface area contributed by atoms with Gasteiger partial charge in [0.1, 0.15) is 6.54 Å². The molecule has 0 unspecified atom stereocenters. The van der Waals surface area contributed by atoms with Crippen LogP contribution in [0.5, 0.6) is 0 Å². The Bertz CT molecular complexity index is 645. The number of benzene rings is 1. The molecular weight excluding hydrogens is 252 g/mol. The zero-order valence-electron chi connectivity index (χ0n) is 11.3. The van der Waals surface area contributed by atoms with Crippen LogP contribution in [0.4, 0.5) is 0 Å². The maximum absolute atomic E-state index is 12.2. The third-order valence-electron chi connectivity index (χ3n) is 3.42. The van der Waals surface area contributed by atoms with E-state index in [1.54, 1.807) is 17.2 Å². The number of amidine groups is 1. The van der Waals surface area contributed by atoms with Crippen LogP contribution in [0.15, 0.2) is 53.4 Å². The van der Waals surface area contributed by atoms with Crippen LogP contribution < -0.4 is 5.73 Å². The van der Waals surface area contributed by atoms with Crippen molar-refractivity contribution in [3.63, 3.8) is 0 Å². The SMILES string of the molecule is Cc1ccccc1CN1N=C2C=CC(N)=CN2CC1=O. The van der Waals surface area contributed by atoms with Crippen molar-refractivity contribution in [3.05, 3.63) is 59.4 Å². The molecule has 102 valence electrons. The van der Waals surface area contributed by atoms with Crippen LogP contribution in [0.25, 0.3) is 0 Å². The highest BCUT2D eigenvalue weighted by molar-refractivity contribution is 6.00. The van der Waals surface area contributed by atoms with E-state index in [-0.39, 0.29) is 12.5 Å². The van der Waals surface area contributed by atoms with Crippen molar-refractivity contribution in [2.75, 3.05) is 6.54 Å². The van der Waals surface area contributed by atoms with E-state index in [0.717, 1.165) is 17.0 Å². The molecule has 3 rings (SSSR count). The summed E-state index contributed by atoms with van der Waals surface area (Å²) in [5.74, 6) is 0.712. The van der Waals surface area contributed by atoms with Gasteiger partial charge in [-0.15, -0.1) is 0 Å². The van der Waals surface area contributed by atoms with Gasteiger partial charge in [-0.05, 0) is 30.2 Å². The minimum absolute atomic E-state index is 0.0312. The van der Waals surface area contributed by atoms with Gasteiger partial charge in [0.25, 0.3) is 5.91 Å². The summed E-state index contributed by atoms with van der Waals surface area (Å²) in [7, 11) is 0. The van der Waals surface area contributed by atoms with Crippen molar-refractivity contribution in [2.45, 2.75) is 13.5 Å². The average Bonchev–Trinajstić information content (AvgIpc) is 2.42. The molecule has 5 heteroatoms. The Morgan fingerprint density at radius 3 is 2.90 bits per heavy atom. The number of hydrazone groups is 1. The zero-order chi connectivity index (χ0) is 14.1. The van der Waals surface area contributed by atoms with Crippen LogP contribution in [-0.4, -0.2) is 28.2 Å². The van der Waals surface area contributed by atoms with Crippen molar-refractivity contribution in [1.29, 1.82) is 0 Å². The van der Waals surface area contributed by atoms with Gasteiger partial charge in [0.15, 0.2) is 5.84 Å². The molecule has 2 N–H and O–H groups in total. The molecule has 0 saturated carbocycles. The average molecular weight is 268 g/mol. The Hall–Kier alpha value is -2.56. The number of amides is 1. The maximum Gasteiger partial charge on any atom is 0.263 e. The molecule has 1 aromatic rings. The first kappa shape index (κ1) is 12.5. The molecule has 0 radical (unpaired) electrons. The number of nitrogens with zero attached hydrogens (tertiary/aromatic N) is 3. The standard InChI is InChI=1S/C15H16N4O/c1-11-4-2-3-5-12(11)8-19-15(20)10-18-9-13(16)6-7-14(18)17-19/h2-7,9H,8,10,16H2,1H3. The normalized spacial score (nSPS) is 17.8. The van der Waals surface area contributed by atoms with Gasteiger partial charge < -0.3 is 10.6 Å². The molecule has 0 fully saturated rings. The molecule has 0 aliphatic carbocycles. The molecule has 2 heterocycles. The molecule has 5 nitrogen and oxygen atoms in total. The highest BCUT2D eigenvalue weighted by atomic mass is 16.2. The van der Waals surface area contributed by atoms with E-state index in [2.05, 4.69) is 5.10 Å². The second-order valence-electron chi connectivity index (χ2n) is 4.93. The van der Waals surface area contributed by atoms with E-state index < -0.39 is 0 Å². The van der Waals surface area contributed by atoms with Gasteiger partial charge in [-0.25, -0.2) is 5.01 Å². The second kappa shape index (κ2) is 4.85. The lowest BCUT2D eigenvalue weighted by molar-refractivity contribution is -0.132. The Kier molecular flexibility index (Phi) is 3.02. The summed E-state index contributed by atoms with van der Waals surface area (Å²) in [6.07, 6.45) is 5.35. The van der Waals surface area contributed by atoms with Gasteiger partial charge in [-0.2, -0.15) is 5.10 Å². The van der Waals surface area contributed by atoms with Gasteiger partial charge in [-0.3, -0.25) is 4.79 Å². The molecule has 0 spiro atoms.